The van der Waals surface area contributed by atoms with Gasteiger partial charge in [-0.25, -0.2) is 0 Å². The Labute approximate surface area is 127 Å². The van der Waals surface area contributed by atoms with Gasteiger partial charge in [-0.1, -0.05) is 64.2 Å². The van der Waals surface area contributed by atoms with Crippen LogP contribution in [0.4, 0.5) is 0 Å². The molecule has 0 aliphatic heterocycles. The van der Waals surface area contributed by atoms with Crippen molar-refractivity contribution in [3.63, 3.8) is 0 Å². The summed E-state index contributed by atoms with van der Waals surface area (Å²) >= 11 is 0. The molecule has 21 heavy (non-hydrogen) atoms. The van der Waals surface area contributed by atoms with Crippen molar-refractivity contribution in [2.45, 2.75) is 65.2 Å². The zero-order valence-corrected chi connectivity index (χ0v) is 13.4. The van der Waals surface area contributed by atoms with Gasteiger partial charge in [0, 0.05) is 29.1 Å². The van der Waals surface area contributed by atoms with Gasteiger partial charge >= 0.3 is 0 Å². The summed E-state index contributed by atoms with van der Waals surface area (Å²) in [7, 11) is 0. The number of nitrogens with one attached hydrogen (secondary N) is 1. The number of aryl methyl sites for hydroxylation is 1. The number of unbranched alkanes of at least 4 members (excludes halogenated alkanes) is 5. The topological polar surface area (TPSA) is 32.9 Å². The minimum Gasteiger partial charge on any atom is -0.360 e. The van der Waals surface area contributed by atoms with E-state index in [4.69, 9.17) is 0 Å². The normalized spacial score (nSPS) is 11.1. The van der Waals surface area contributed by atoms with Crippen molar-refractivity contribution < 1.29 is 4.79 Å². The fourth-order valence-electron chi connectivity index (χ4n) is 2.94. The molecular weight excluding hydrogens is 258 g/mol. The molecule has 2 heteroatoms. The van der Waals surface area contributed by atoms with Gasteiger partial charge < -0.3 is 4.98 Å². The fourth-order valence-corrected chi connectivity index (χ4v) is 2.94. The highest BCUT2D eigenvalue weighted by Gasteiger charge is 2.12. The molecule has 0 radical (unpaired) electrons. The standard InChI is InChI=1S/C19H27NO/c1-3-5-6-7-8-9-13-18(21)17-14-20-19-15(4-2)11-10-12-16(17)19/h10-12,14,20H,3-9,13H2,1-2H3. The minimum atomic E-state index is 0.282. The number of carbonyl (C=O) groups excluding carboxylic acids is 1. The Kier molecular flexibility index (Phi) is 6.04. The number of H-pyrrole nitrogens is 1. The SMILES string of the molecule is CCCCCCCCC(=O)c1c[nH]c2c(CC)cccc12. The lowest BCUT2D eigenvalue weighted by Crippen LogP contribution is -1.98. The van der Waals surface area contributed by atoms with Crippen LogP contribution in [0.3, 0.4) is 0 Å². The average molecular weight is 285 g/mol. The van der Waals surface area contributed by atoms with Crippen LogP contribution < -0.4 is 0 Å². The van der Waals surface area contributed by atoms with E-state index in [0.29, 0.717) is 6.42 Å². The summed E-state index contributed by atoms with van der Waals surface area (Å²) in [6, 6.07) is 6.23. The Bertz CT molecular complexity index is 582. The molecule has 1 heterocycles. The summed E-state index contributed by atoms with van der Waals surface area (Å²) < 4.78 is 0. The Hall–Kier alpha value is -1.57. The number of para-hydroxylation sites is 1. The van der Waals surface area contributed by atoms with Gasteiger partial charge in [0.1, 0.15) is 0 Å². The number of fused-ring (bicyclic) bond motifs is 1. The first kappa shape index (κ1) is 15.8. The van der Waals surface area contributed by atoms with Gasteiger partial charge in [-0.2, -0.15) is 0 Å². The van der Waals surface area contributed by atoms with Crippen molar-refractivity contribution in [1.29, 1.82) is 0 Å². The van der Waals surface area contributed by atoms with E-state index in [1.807, 2.05) is 6.20 Å². The number of Topliss-reactive ketones (excluding diaryl/α,β-unsaturated/α-hetero) is 1. The first-order valence-electron chi connectivity index (χ1n) is 8.40. The molecule has 114 valence electrons. The van der Waals surface area contributed by atoms with E-state index in [0.717, 1.165) is 29.3 Å². The fraction of sp³-hybridized carbons (Fsp3) is 0.526. The predicted octanol–water partition coefficient (Wildman–Crippen LogP) is 5.66. The maximum absolute atomic E-state index is 12.4. The third kappa shape index (κ3) is 3.96. The number of aromatic amines is 1. The van der Waals surface area contributed by atoms with Crippen molar-refractivity contribution >= 4 is 16.7 Å². The molecule has 1 aromatic heterocycles. The van der Waals surface area contributed by atoms with Crippen LogP contribution in [0.5, 0.6) is 0 Å². The van der Waals surface area contributed by atoms with Crippen molar-refractivity contribution in [2.24, 2.45) is 0 Å². The molecule has 0 amide bonds. The number of ketones is 1. The molecule has 2 nitrogen and oxygen atoms in total. The van der Waals surface area contributed by atoms with Gasteiger partial charge in [-0.05, 0) is 18.4 Å². The molecule has 0 spiro atoms. The highest BCUT2D eigenvalue weighted by molar-refractivity contribution is 6.08. The van der Waals surface area contributed by atoms with Crippen LogP contribution in [0, 0.1) is 0 Å². The van der Waals surface area contributed by atoms with Gasteiger partial charge in [-0.15, -0.1) is 0 Å². The number of aromatic nitrogens is 1. The molecule has 2 rings (SSSR count). The van der Waals surface area contributed by atoms with Gasteiger partial charge in [0.15, 0.2) is 5.78 Å². The van der Waals surface area contributed by atoms with Crippen molar-refractivity contribution in [1.82, 2.24) is 4.98 Å². The van der Waals surface area contributed by atoms with E-state index in [9.17, 15) is 4.79 Å². The quantitative estimate of drug-likeness (QED) is 0.467. The maximum Gasteiger partial charge on any atom is 0.165 e. The number of benzene rings is 1. The van der Waals surface area contributed by atoms with Crippen LogP contribution in [-0.4, -0.2) is 10.8 Å². The molecule has 1 N–H and O–H groups in total. The van der Waals surface area contributed by atoms with Gasteiger partial charge in [0.25, 0.3) is 0 Å². The molecule has 0 aliphatic carbocycles. The zero-order valence-electron chi connectivity index (χ0n) is 13.4. The summed E-state index contributed by atoms with van der Waals surface area (Å²) in [5.74, 6) is 0.282. The zero-order chi connectivity index (χ0) is 15.1. The van der Waals surface area contributed by atoms with Crippen LogP contribution in [0.25, 0.3) is 10.9 Å². The molecule has 0 saturated heterocycles. The lowest BCUT2D eigenvalue weighted by atomic mass is 10.0. The van der Waals surface area contributed by atoms with Crippen molar-refractivity contribution in [3.8, 4) is 0 Å². The number of carbonyl (C=O) groups is 1. The Morgan fingerprint density at radius 2 is 1.81 bits per heavy atom. The van der Waals surface area contributed by atoms with Crippen molar-refractivity contribution in [2.75, 3.05) is 0 Å². The first-order chi connectivity index (χ1) is 10.3. The van der Waals surface area contributed by atoms with Crippen LogP contribution in [0.1, 0.15) is 74.7 Å². The smallest absolute Gasteiger partial charge is 0.165 e. The Balaban J connectivity index is 1.94. The van der Waals surface area contributed by atoms with E-state index in [1.165, 1.54) is 37.7 Å². The number of rotatable bonds is 9. The van der Waals surface area contributed by atoms with Gasteiger partial charge in [0.2, 0.25) is 0 Å². The summed E-state index contributed by atoms with van der Waals surface area (Å²) in [6.45, 7) is 4.37. The molecule has 1 aromatic carbocycles. The van der Waals surface area contributed by atoms with Crippen molar-refractivity contribution in [3.05, 3.63) is 35.5 Å². The largest absolute Gasteiger partial charge is 0.360 e. The second-order valence-electron chi connectivity index (χ2n) is 5.84. The summed E-state index contributed by atoms with van der Waals surface area (Å²) in [5.41, 5.74) is 3.28. The molecule has 0 saturated carbocycles. The number of hydrogen-bond acceptors (Lipinski definition) is 1. The molecule has 0 bridgehead atoms. The highest BCUT2D eigenvalue weighted by atomic mass is 16.1. The highest BCUT2D eigenvalue weighted by Crippen LogP contribution is 2.24. The molecule has 0 unspecified atom stereocenters. The maximum atomic E-state index is 12.4. The predicted molar refractivity (Wildman–Crippen MR) is 90.0 cm³/mol. The monoisotopic (exact) mass is 285 g/mol. The second-order valence-corrected chi connectivity index (χ2v) is 5.84. The van der Waals surface area contributed by atoms with Crippen LogP contribution in [-0.2, 0) is 6.42 Å². The Morgan fingerprint density at radius 1 is 1.05 bits per heavy atom. The van der Waals surface area contributed by atoms with Crippen LogP contribution in [0.15, 0.2) is 24.4 Å². The van der Waals surface area contributed by atoms with E-state index in [-0.39, 0.29) is 5.78 Å². The third-order valence-electron chi connectivity index (χ3n) is 4.24. The summed E-state index contributed by atoms with van der Waals surface area (Å²) in [4.78, 5) is 15.7. The molecule has 0 atom stereocenters. The minimum absolute atomic E-state index is 0.282. The lowest BCUT2D eigenvalue weighted by molar-refractivity contribution is 0.0980. The van der Waals surface area contributed by atoms with E-state index >= 15 is 0 Å². The third-order valence-corrected chi connectivity index (χ3v) is 4.24. The first-order valence-corrected chi connectivity index (χ1v) is 8.40. The van der Waals surface area contributed by atoms with E-state index < -0.39 is 0 Å². The van der Waals surface area contributed by atoms with Gasteiger partial charge in [0.05, 0.1) is 0 Å². The molecule has 2 aromatic rings. The molecule has 0 aliphatic rings. The Morgan fingerprint density at radius 3 is 2.57 bits per heavy atom. The second kappa shape index (κ2) is 8.02. The van der Waals surface area contributed by atoms with Crippen LogP contribution >= 0.6 is 0 Å². The summed E-state index contributed by atoms with van der Waals surface area (Å²) in [6.07, 6.45) is 10.9. The van der Waals surface area contributed by atoms with E-state index in [1.54, 1.807) is 0 Å². The molecule has 0 fully saturated rings. The lowest BCUT2D eigenvalue weighted by Gasteiger charge is -2.02. The molecular formula is C19H27NO. The number of hydrogen-bond donors (Lipinski definition) is 1. The van der Waals surface area contributed by atoms with Gasteiger partial charge in [-0.3, -0.25) is 4.79 Å². The van der Waals surface area contributed by atoms with E-state index in [2.05, 4.69) is 37.0 Å². The summed E-state index contributed by atoms with van der Waals surface area (Å²) in [5, 5.41) is 1.09. The van der Waals surface area contributed by atoms with Crippen LogP contribution in [0.2, 0.25) is 0 Å². The average Bonchev–Trinajstić information content (AvgIpc) is 2.94.